The number of benzene rings is 2. The molecule has 0 radical (unpaired) electrons. The fourth-order valence-electron chi connectivity index (χ4n) is 2.19. The summed E-state index contributed by atoms with van der Waals surface area (Å²) in [5, 5.41) is 3.24. The van der Waals surface area contributed by atoms with Crippen LogP contribution in [-0.2, 0) is 19.1 Å². The van der Waals surface area contributed by atoms with Crippen LogP contribution in [0.25, 0.3) is 10.9 Å². The summed E-state index contributed by atoms with van der Waals surface area (Å²) >= 11 is 0. The molecule has 0 bridgehead atoms. The Balaban J connectivity index is 1.75. The van der Waals surface area contributed by atoms with Crippen LogP contribution in [0.2, 0.25) is 0 Å². The van der Waals surface area contributed by atoms with E-state index in [0.717, 1.165) is 0 Å². The summed E-state index contributed by atoms with van der Waals surface area (Å²) in [7, 11) is -4.10. The third-order valence-corrected chi connectivity index (χ3v) is 4.56. The van der Waals surface area contributed by atoms with Gasteiger partial charge < -0.3 is 5.32 Å². The lowest BCUT2D eigenvalue weighted by Gasteiger charge is -2.08. The van der Waals surface area contributed by atoms with E-state index in [1.165, 1.54) is 12.3 Å². The molecule has 0 unspecified atom stereocenters. The minimum Gasteiger partial charge on any atom is -0.324 e. The Hall–Kier alpha value is -2.77. The van der Waals surface area contributed by atoms with E-state index in [4.69, 9.17) is 4.18 Å². The van der Waals surface area contributed by atoms with E-state index >= 15 is 0 Å². The van der Waals surface area contributed by atoms with Crippen molar-refractivity contribution in [3.63, 3.8) is 0 Å². The Labute approximate surface area is 139 Å². The summed E-state index contributed by atoms with van der Waals surface area (Å²) in [6.45, 7) is -0.611. The van der Waals surface area contributed by atoms with Crippen molar-refractivity contribution in [2.24, 2.45) is 0 Å². The lowest BCUT2D eigenvalue weighted by molar-refractivity contribution is -0.118. The lowest BCUT2D eigenvalue weighted by atomic mass is 10.2. The van der Waals surface area contributed by atoms with E-state index in [9.17, 15) is 13.2 Å². The number of fused-ring (bicyclic) bond motifs is 1. The molecule has 122 valence electrons. The molecule has 3 rings (SSSR count). The minimum absolute atomic E-state index is 0.0619. The standard InChI is InChI=1S/C17H14N2O4S/c20-16(19-14-8-2-1-3-9-14)12-23-24(21,22)15-10-4-6-13-7-5-11-18-17(13)15/h1-11H,12H2,(H,19,20). The number of aromatic nitrogens is 1. The van der Waals surface area contributed by atoms with Crippen molar-refractivity contribution >= 4 is 32.6 Å². The molecule has 2 aromatic carbocycles. The van der Waals surface area contributed by atoms with Gasteiger partial charge in [0.15, 0.2) is 0 Å². The second kappa shape index (κ2) is 6.77. The Morgan fingerprint density at radius 2 is 1.75 bits per heavy atom. The average Bonchev–Trinajstić information content (AvgIpc) is 2.60. The first-order chi connectivity index (χ1) is 11.6. The number of carbonyl (C=O) groups excluding carboxylic acids is 1. The molecule has 0 fully saturated rings. The van der Waals surface area contributed by atoms with E-state index in [2.05, 4.69) is 10.3 Å². The summed E-state index contributed by atoms with van der Waals surface area (Å²) in [5.41, 5.74) is 0.874. The zero-order valence-electron chi connectivity index (χ0n) is 12.5. The molecule has 1 N–H and O–H groups in total. The number of anilines is 1. The monoisotopic (exact) mass is 342 g/mol. The molecule has 0 saturated heterocycles. The normalized spacial score (nSPS) is 11.3. The molecule has 0 aliphatic carbocycles. The van der Waals surface area contributed by atoms with Crippen LogP contribution in [0.1, 0.15) is 0 Å². The third kappa shape index (κ3) is 3.58. The van der Waals surface area contributed by atoms with Crippen LogP contribution in [0.15, 0.2) is 71.8 Å². The molecule has 1 amide bonds. The van der Waals surface area contributed by atoms with Gasteiger partial charge in [0, 0.05) is 17.3 Å². The maximum Gasteiger partial charge on any atom is 0.299 e. The topological polar surface area (TPSA) is 85.4 Å². The van der Waals surface area contributed by atoms with Crippen molar-refractivity contribution in [2.45, 2.75) is 4.90 Å². The predicted molar refractivity (Wildman–Crippen MR) is 90.0 cm³/mol. The smallest absolute Gasteiger partial charge is 0.299 e. The number of para-hydroxylation sites is 2. The molecule has 1 heterocycles. The zero-order valence-corrected chi connectivity index (χ0v) is 13.4. The molecule has 24 heavy (non-hydrogen) atoms. The third-order valence-electron chi connectivity index (χ3n) is 3.27. The van der Waals surface area contributed by atoms with Gasteiger partial charge in [0.05, 0.1) is 5.52 Å². The highest BCUT2D eigenvalue weighted by Crippen LogP contribution is 2.22. The van der Waals surface area contributed by atoms with Crippen LogP contribution in [0, 0.1) is 0 Å². The molecule has 0 saturated carbocycles. The molecule has 7 heteroatoms. The fourth-order valence-corrected chi connectivity index (χ4v) is 3.23. The summed E-state index contributed by atoms with van der Waals surface area (Å²) in [6.07, 6.45) is 1.50. The van der Waals surface area contributed by atoms with Crippen LogP contribution < -0.4 is 5.32 Å². The van der Waals surface area contributed by atoms with Gasteiger partial charge >= 0.3 is 0 Å². The number of rotatable bonds is 5. The molecule has 1 aromatic heterocycles. The summed E-state index contributed by atoms with van der Waals surface area (Å²) in [6, 6.07) is 16.9. The maximum absolute atomic E-state index is 12.4. The highest BCUT2D eigenvalue weighted by molar-refractivity contribution is 7.87. The molecule has 3 aromatic rings. The highest BCUT2D eigenvalue weighted by atomic mass is 32.2. The van der Waals surface area contributed by atoms with Crippen molar-refractivity contribution in [1.82, 2.24) is 4.98 Å². The first-order valence-electron chi connectivity index (χ1n) is 7.14. The van der Waals surface area contributed by atoms with Gasteiger partial charge in [-0.15, -0.1) is 0 Å². The molecule has 0 spiro atoms. The van der Waals surface area contributed by atoms with Crippen molar-refractivity contribution in [3.05, 3.63) is 66.9 Å². The van der Waals surface area contributed by atoms with Gasteiger partial charge in [0.1, 0.15) is 11.5 Å². The van der Waals surface area contributed by atoms with Gasteiger partial charge in [-0.3, -0.25) is 14.0 Å². The lowest BCUT2D eigenvalue weighted by Crippen LogP contribution is -2.21. The molecular formula is C17H14N2O4S. The number of nitrogens with zero attached hydrogens (tertiary/aromatic N) is 1. The number of amides is 1. The van der Waals surface area contributed by atoms with E-state index in [-0.39, 0.29) is 4.90 Å². The summed E-state index contributed by atoms with van der Waals surface area (Å²) in [5.74, 6) is -0.557. The number of hydrogen-bond donors (Lipinski definition) is 1. The van der Waals surface area contributed by atoms with Gasteiger partial charge in [0.2, 0.25) is 0 Å². The van der Waals surface area contributed by atoms with E-state index < -0.39 is 22.6 Å². The van der Waals surface area contributed by atoms with E-state index in [1.54, 1.807) is 48.5 Å². The largest absolute Gasteiger partial charge is 0.324 e. The second-order valence-electron chi connectivity index (χ2n) is 4.96. The predicted octanol–water partition coefficient (Wildman–Crippen LogP) is 2.58. The van der Waals surface area contributed by atoms with E-state index in [1.807, 2.05) is 6.07 Å². The van der Waals surface area contributed by atoms with Crippen LogP contribution in [0.4, 0.5) is 5.69 Å². The molecular weight excluding hydrogens is 328 g/mol. The van der Waals surface area contributed by atoms with Gasteiger partial charge in [0.25, 0.3) is 16.0 Å². The quantitative estimate of drug-likeness (QED) is 0.720. The Bertz CT molecular complexity index is 967. The number of pyridine rings is 1. The van der Waals surface area contributed by atoms with Crippen LogP contribution >= 0.6 is 0 Å². The Morgan fingerprint density at radius 3 is 2.54 bits per heavy atom. The minimum atomic E-state index is -4.10. The van der Waals surface area contributed by atoms with Crippen LogP contribution in [0.3, 0.4) is 0 Å². The molecule has 6 nitrogen and oxygen atoms in total. The van der Waals surface area contributed by atoms with Crippen molar-refractivity contribution in [3.8, 4) is 0 Å². The average molecular weight is 342 g/mol. The van der Waals surface area contributed by atoms with E-state index in [0.29, 0.717) is 16.6 Å². The first-order valence-corrected chi connectivity index (χ1v) is 8.55. The number of hydrogen-bond acceptors (Lipinski definition) is 5. The fraction of sp³-hybridized carbons (Fsp3) is 0.0588. The van der Waals surface area contributed by atoms with Gasteiger partial charge in [-0.1, -0.05) is 36.4 Å². The first kappa shape index (κ1) is 16.1. The Morgan fingerprint density at radius 1 is 1.00 bits per heavy atom. The zero-order chi connectivity index (χ0) is 17.0. The van der Waals surface area contributed by atoms with Crippen LogP contribution in [-0.4, -0.2) is 25.9 Å². The number of carbonyl (C=O) groups is 1. The highest BCUT2D eigenvalue weighted by Gasteiger charge is 2.20. The van der Waals surface area contributed by atoms with Crippen molar-refractivity contribution < 1.29 is 17.4 Å². The maximum atomic E-state index is 12.4. The molecule has 0 aliphatic rings. The van der Waals surface area contributed by atoms with Crippen molar-refractivity contribution in [1.29, 1.82) is 0 Å². The van der Waals surface area contributed by atoms with Gasteiger partial charge in [-0.2, -0.15) is 8.42 Å². The second-order valence-corrected chi connectivity index (χ2v) is 6.55. The van der Waals surface area contributed by atoms with Crippen LogP contribution in [0.5, 0.6) is 0 Å². The summed E-state index contributed by atoms with van der Waals surface area (Å²) in [4.78, 5) is 15.9. The molecule has 0 atom stereocenters. The Kier molecular flexibility index (Phi) is 4.54. The van der Waals surface area contributed by atoms with Crippen molar-refractivity contribution in [2.75, 3.05) is 11.9 Å². The number of nitrogens with one attached hydrogen (secondary N) is 1. The summed E-state index contributed by atoms with van der Waals surface area (Å²) < 4.78 is 29.6. The van der Waals surface area contributed by atoms with Gasteiger partial charge in [-0.05, 0) is 24.3 Å². The van der Waals surface area contributed by atoms with Gasteiger partial charge in [-0.25, -0.2) is 0 Å². The SMILES string of the molecule is O=C(COS(=O)(=O)c1cccc2cccnc12)Nc1ccccc1. The molecule has 0 aliphatic heterocycles.